The lowest BCUT2D eigenvalue weighted by Crippen LogP contribution is -2.43. The highest BCUT2D eigenvalue weighted by Crippen LogP contribution is 2.20. The van der Waals surface area contributed by atoms with Crippen LogP contribution in [0.3, 0.4) is 0 Å². The first-order valence-electron chi connectivity index (χ1n) is 5.68. The van der Waals surface area contributed by atoms with Crippen molar-refractivity contribution in [3.05, 3.63) is 0 Å². The minimum absolute atomic E-state index is 0.105. The molecule has 1 amide bonds. The molecule has 0 bridgehead atoms. The molecule has 1 aliphatic heterocycles. The molecule has 2 unspecified atom stereocenters. The van der Waals surface area contributed by atoms with E-state index in [2.05, 4.69) is 25.9 Å². The van der Waals surface area contributed by atoms with E-state index in [0.717, 1.165) is 19.5 Å². The fourth-order valence-electron chi connectivity index (χ4n) is 2.21. The molecule has 1 aliphatic rings. The minimum atomic E-state index is -0.321. The molecule has 0 aromatic carbocycles. The fourth-order valence-corrected chi connectivity index (χ4v) is 2.21. The first-order valence-corrected chi connectivity index (χ1v) is 5.68. The third-order valence-corrected chi connectivity index (χ3v) is 3.30. The van der Waals surface area contributed by atoms with Crippen molar-refractivity contribution in [1.29, 1.82) is 0 Å². The van der Waals surface area contributed by atoms with Crippen molar-refractivity contribution in [2.45, 2.75) is 32.4 Å². The molecule has 1 rings (SSSR count). The lowest BCUT2D eigenvalue weighted by molar-refractivity contribution is -0.131. The van der Waals surface area contributed by atoms with Crippen molar-refractivity contribution >= 4 is 5.91 Å². The van der Waals surface area contributed by atoms with Crippen LogP contribution in [0.15, 0.2) is 0 Å². The summed E-state index contributed by atoms with van der Waals surface area (Å²) in [6.07, 6.45) is 0.719. The number of likely N-dealkylation sites (N-methyl/N-ethyl adjacent to an activating group) is 1. The van der Waals surface area contributed by atoms with Crippen LogP contribution in [-0.4, -0.2) is 55.0 Å². The zero-order chi connectivity index (χ0) is 11.6. The van der Waals surface area contributed by atoms with Gasteiger partial charge in [-0.05, 0) is 26.4 Å². The van der Waals surface area contributed by atoms with Crippen LogP contribution in [0.1, 0.15) is 20.3 Å². The van der Waals surface area contributed by atoms with E-state index in [1.54, 1.807) is 0 Å². The first-order chi connectivity index (χ1) is 6.97. The van der Waals surface area contributed by atoms with Gasteiger partial charge in [-0.2, -0.15) is 0 Å². The van der Waals surface area contributed by atoms with Crippen molar-refractivity contribution < 1.29 is 4.79 Å². The van der Waals surface area contributed by atoms with E-state index in [9.17, 15) is 4.79 Å². The van der Waals surface area contributed by atoms with Gasteiger partial charge in [-0.1, -0.05) is 13.8 Å². The topological polar surface area (TPSA) is 49.6 Å². The summed E-state index contributed by atoms with van der Waals surface area (Å²) in [7, 11) is 4.13. The van der Waals surface area contributed by atoms with Crippen molar-refractivity contribution in [3.63, 3.8) is 0 Å². The number of carbonyl (C=O) groups is 1. The van der Waals surface area contributed by atoms with E-state index >= 15 is 0 Å². The Kier molecular flexibility index (Phi) is 4.11. The highest BCUT2D eigenvalue weighted by atomic mass is 16.2. The lowest BCUT2D eigenvalue weighted by Gasteiger charge is -2.23. The van der Waals surface area contributed by atoms with E-state index in [1.165, 1.54) is 0 Å². The lowest BCUT2D eigenvalue weighted by atomic mass is 10.1. The molecule has 15 heavy (non-hydrogen) atoms. The molecule has 0 aromatic heterocycles. The first kappa shape index (κ1) is 12.5. The summed E-state index contributed by atoms with van der Waals surface area (Å²) in [5, 5.41) is 0. The Balaban J connectivity index is 2.58. The molecule has 3 atom stereocenters. The highest BCUT2D eigenvalue weighted by molar-refractivity contribution is 5.81. The van der Waals surface area contributed by atoms with Gasteiger partial charge in [-0.25, -0.2) is 0 Å². The van der Waals surface area contributed by atoms with Crippen LogP contribution in [0.2, 0.25) is 0 Å². The maximum atomic E-state index is 11.9. The van der Waals surface area contributed by atoms with Gasteiger partial charge in [0.15, 0.2) is 0 Å². The molecule has 0 aliphatic carbocycles. The van der Waals surface area contributed by atoms with Gasteiger partial charge in [0.1, 0.15) is 0 Å². The Hall–Kier alpha value is -0.610. The quantitative estimate of drug-likeness (QED) is 0.725. The maximum Gasteiger partial charge on any atom is 0.239 e. The second kappa shape index (κ2) is 4.94. The Bertz CT molecular complexity index is 230. The van der Waals surface area contributed by atoms with Crippen LogP contribution < -0.4 is 5.73 Å². The second-order valence-electron chi connectivity index (χ2n) is 4.77. The average molecular weight is 213 g/mol. The molecule has 1 heterocycles. The van der Waals surface area contributed by atoms with Gasteiger partial charge in [0, 0.05) is 19.1 Å². The zero-order valence-electron chi connectivity index (χ0n) is 10.2. The van der Waals surface area contributed by atoms with Crippen LogP contribution >= 0.6 is 0 Å². The second-order valence-corrected chi connectivity index (χ2v) is 4.77. The van der Waals surface area contributed by atoms with E-state index in [1.807, 2.05) is 11.8 Å². The molecular formula is C11H23N3O. The van der Waals surface area contributed by atoms with Gasteiger partial charge in [0.05, 0.1) is 6.04 Å². The standard InChI is InChI=1S/C11H23N3O/c1-5-9(12)11(15)14-6-8(2)10(7-14)13(3)4/h8-10H,5-7,12H2,1-4H3/t8?,9-,10?/m1/s1. The molecule has 4 heteroatoms. The van der Waals surface area contributed by atoms with Gasteiger partial charge < -0.3 is 15.5 Å². The monoisotopic (exact) mass is 213 g/mol. The summed E-state index contributed by atoms with van der Waals surface area (Å²) in [6, 6.07) is 0.149. The number of likely N-dealkylation sites (tertiary alicyclic amines) is 1. The van der Waals surface area contributed by atoms with Crippen LogP contribution in [-0.2, 0) is 4.79 Å². The highest BCUT2D eigenvalue weighted by Gasteiger charge is 2.34. The predicted molar refractivity (Wildman–Crippen MR) is 61.5 cm³/mol. The molecule has 0 saturated carbocycles. The van der Waals surface area contributed by atoms with Crippen LogP contribution in [0.5, 0.6) is 0 Å². The number of hydrogen-bond donors (Lipinski definition) is 1. The van der Waals surface area contributed by atoms with Crippen molar-refractivity contribution in [2.75, 3.05) is 27.2 Å². The van der Waals surface area contributed by atoms with E-state index in [4.69, 9.17) is 5.73 Å². The van der Waals surface area contributed by atoms with Crippen LogP contribution in [0, 0.1) is 5.92 Å². The summed E-state index contributed by atoms with van der Waals surface area (Å²) in [6.45, 7) is 5.80. The zero-order valence-corrected chi connectivity index (χ0v) is 10.2. The van der Waals surface area contributed by atoms with Gasteiger partial charge in [0.2, 0.25) is 5.91 Å². The maximum absolute atomic E-state index is 11.9. The molecule has 0 spiro atoms. The predicted octanol–water partition coefficient (Wildman–Crippen LogP) is 0.132. The van der Waals surface area contributed by atoms with Gasteiger partial charge >= 0.3 is 0 Å². The molecule has 88 valence electrons. The number of carbonyl (C=O) groups excluding carboxylic acids is 1. The SMILES string of the molecule is CC[C@@H](N)C(=O)N1CC(C)C(N(C)C)C1. The van der Waals surface area contributed by atoms with Gasteiger partial charge in [0.25, 0.3) is 0 Å². The summed E-state index contributed by atoms with van der Waals surface area (Å²) in [5.74, 6) is 0.640. The third-order valence-electron chi connectivity index (χ3n) is 3.30. The number of rotatable bonds is 3. The molecule has 0 aromatic rings. The van der Waals surface area contributed by atoms with Gasteiger partial charge in [-0.15, -0.1) is 0 Å². The number of nitrogens with two attached hydrogens (primary N) is 1. The fraction of sp³-hybridized carbons (Fsp3) is 0.909. The Morgan fingerprint density at radius 1 is 1.53 bits per heavy atom. The summed E-state index contributed by atoms with van der Waals surface area (Å²) >= 11 is 0. The third kappa shape index (κ3) is 2.69. The van der Waals surface area contributed by atoms with Crippen molar-refractivity contribution in [1.82, 2.24) is 9.80 Å². The van der Waals surface area contributed by atoms with Gasteiger partial charge in [-0.3, -0.25) is 4.79 Å². The number of hydrogen-bond acceptors (Lipinski definition) is 3. The molecule has 1 fully saturated rings. The Morgan fingerprint density at radius 3 is 2.53 bits per heavy atom. The van der Waals surface area contributed by atoms with E-state index in [0.29, 0.717) is 12.0 Å². The molecule has 0 radical (unpaired) electrons. The molecule has 1 saturated heterocycles. The molecule has 2 N–H and O–H groups in total. The average Bonchev–Trinajstić information content (AvgIpc) is 2.58. The smallest absolute Gasteiger partial charge is 0.239 e. The van der Waals surface area contributed by atoms with Crippen molar-refractivity contribution in [2.24, 2.45) is 11.7 Å². The van der Waals surface area contributed by atoms with Crippen molar-refractivity contribution in [3.8, 4) is 0 Å². The molecular weight excluding hydrogens is 190 g/mol. The van der Waals surface area contributed by atoms with E-state index in [-0.39, 0.29) is 11.9 Å². The van der Waals surface area contributed by atoms with Crippen LogP contribution in [0.4, 0.5) is 0 Å². The summed E-state index contributed by atoms with van der Waals surface area (Å²) in [4.78, 5) is 16.0. The van der Waals surface area contributed by atoms with Crippen LogP contribution in [0.25, 0.3) is 0 Å². The number of nitrogens with zero attached hydrogens (tertiary/aromatic N) is 2. The summed E-state index contributed by atoms with van der Waals surface area (Å²) in [5.41, 5.74) is 5.76. The Labute approximate surface area is 92.4 Å². The minimum Gasteiger partial charge on any atom is -0.339 e. The normalized spacial score (nSPS) is 28.5. The largest absolute Gasteiger partial charge is 0.339 e. The Morgan fingerprint density at radius 2 is 2.13 bits per heavy atom. The summed E-state index contributed by atoms with van der Waals surface area (Å²) < 4.78 is 0. The number of amides is 1. The molecule has 4 nitrogen and oxygen atoms in total. The van der Waals surface area contributed by atoms with E-state index < -0.39 is 0 Å².